The molecule has 0 N–H and O–H groups in total. The Kier molecular flexibility index (Phi) is 4.60. The zero-order valence-corrected chi connectivity index (χ0v) is 12.5. The van der Waals surface area contributed by atoms with Crippen molar-refractivity contribution in [1.82, 2.24) is 5.06 Å². The Hall–Kier alpha value is -2.05. The highest BCUT2D eigenvalue weighted by Gasteiger charge is 2.36. The molecule has 7 nitrogen and oxygen atoms in total. The van der Waals surface area contributed by atoms with E-state index < -0.39 is 11.8 Å². The van der Waals surface area contributed by atoms with Gasteiger partial charge in [-0.05, 0) is 56.4 Å². The Morgan fingerprint density at radius 1 is 0.818 bits per heavy atom. The summed E-state index contributed by atoms with van der Waals surface area (Å²) in [7, 11) is 0. The molecule has 1 heterocycles. The van der Waals surface area contributed by atoms with Crippen molar-refractivity contribution in [1.29, 1.82) is 0 Å². The van der Waals surface area contributed by atoms with Crippen LogP contribution in [0.3, 0.4) is 0 Å². The highest BCUT2D eigenvalue weighted by molar-refractivity contribution is 6.02. The number of hydrogen-bond donors (Lipinski definition) is 0. The Morgan fingerprint density at radius 3 is 1.73 bits per heavy atom. The molecule has 3 aliphatic rings. The van der Waals surface area contributed by atoms with Crippen LogP contribution in [0.4, 0.5) is 4.58 Å². The van der Waals surface area contributed by atoms with Gasteiger partial charge in [0.25, 0.3) is 11.8 Å². The van der Waals surface area contributed by atoms with Crippen molar-refractivity contribution >= 4 is 29.3 Å². The fourth-order valence-corrected chi connectivity index (χ4v) is 2.83. The summed E-state index contributed by atoms with van der Waals surface area (Å²) >= 11 is 0. The van der Waals surface area contributed by atoms with Crippen molar-refractivity contribution in [3.63, 3.8) is 0 Å². The van der Waals surface area contributed by atoms with E-state index in [0.29, 0.717) is 5.06 Å². The number of amides is 4. The van der Waals surface area contributed by atoms with Gasteiger partial charge < -0.3 is 0 Å². The van der Waals surface area contributed by atoms with Gasteiger partial charge in [-0.2, -0.15) is 0 Å². The number of nitrogens with zero attached hydrogens (tertiary/aromatic N) is 3. The van der Waals surface area contributed by atoms with Gasteiger partial charge in [0.05, 0.1) is 0 Å². The SMILES string of the molecule is O=C1CCC(=O)N1O[O+]=C(N=C1CCCC1)N=C1CCCC1. The summed E-state index contributed by atoms with van der Waals surface area (Å²) in [6.45, 7) is 0. The van der Waals surface area contributed by atoms with Crippen molar-refractivity contribution in [2.75, 3.05) is 0 Å². The lowest BCUT2D eigenvalue weighted by molar-refractivity contribution is -0.578. The van der Waals surface area contributed by atoms with E-state index in [1.807, 2.05) is 0 Å². The van der Waals surface area contributed by atoms with Gasteiger partial charge in [-0.3, -0.25) is 9.59 Å². The fourth-order valence-electron chi connectivity index (χ4n) is 2.83. The van der Waals surface area contributed by atoms with Crippen LogP contribution < -0.4 is 0 Å². The molecule has 0 unspecified atom stereocenters. The zero-order valence-electron chi connectivity index (χ0n) is 12.5. The van der Waals surface area contributed by atoms with Gasteiger partial charge in [0, 0.05) is 29.3 Å². The van der Waals surface area contributed by atoms with Gasteiger partial charge in [0.15, 0.2) is 0 Å². The van der Waals surface area contributed by atoms with E-state index in [0.717, 1.165) is 62.8 Å². The summed E-state index contributed by atoms with van der Waals surface area (Å²) in [5.41, 5.74) is 2.06. The molecule has 3 fully saturated rings. The molecular formula is C15H20N3O4+. The van der Waals surface area contributed by atoms with Crippen LogP contribution in [0, 0.1) is 0 Å². The molecule has 0 aromatic heterocycles. The molecule has 1 aliphatic heterocycles. The highest BCUT2D eigenvalue weighted by atomic mass is 17.2. The van der Waals surface area contributed by atoms with Crippen LogP contribution in [0.25, 0.3) is 0 Å². The number of hydrogen-bond acceptors (Lipinski definition) is 3. The third-order valence-electron chi connectivity index (χ3n) is 4.06. The Labute approximate surface area is 128 Å². The first kappa shape index (κ1) is 14.9. The Balaban J connectivity index is 1.76. The van der Waals surface area contributed by atoms with Crippen LogP contribution in [0.5, 0.6) is 0 Å². The molecule has 0 spiro atoms. The number of carbonyl (C=O) groups is 2. The predicted octanol–water partition coefficient (Wildman–Crippen LogP) is 2.67. The van der Waals surface area contributed by atoms with Gasteiger partial charge >= 0.3 is 6.03 Å². The van der Waals surface area contributed by atoms with Gasteiger partial charge in [-0.1, -0.05) is 0 Å². The summed E-state index contributed by atoms with van der Waals surface area (Å²) in [6, 6.07) is 0.0984. The second-order valence-corrected chi connectivity index (χ2v) is 5.79. The first-order chi connectivity index (χ1) is 10.7. The molecule has 2 saturated carbocycles. The maximum Gasteiger partial charge on any atom is 0.640 e. The van der Waals surface area contributed by atoms with E-state index in [9.17, 15) is 9.59 Å². The molecule has 2 aliphatic carbocycles. The fraction of sp³-hybridized carbons (Fsp3) is 0.667. The van der Waals surface area contributed by atoms with Crippen LogP contribution in [-0.4, -0.2) is 34.3 Å². The molecular weight excluding hydrogens is 286 g/mol. The first-order valence-electron chi connectivity index (χ1n) is 7.92. The molecule has 0 aromatic rings. The summed E-state index contributed by atoms with van der Waals surface area (Å²) in [5.74, 6) is -0.794. The van der Waals surface area contributed by atoms with Crippen molar-refractivity contribution in [3.05, 3.63) is 0 Å². The molecule has 7 heteroatoms. The second-order valence-electron chi connectivity index (χ2n) is 5.79. The van der Waals surface area contributed by atoms with E-state index in [1.165, 1.54) is 0 Å². The monoisotopic (exact) mass is 306 g/mol. The van der Waals surface area contributed by atoms with Crippen LogP contribution in [0.15, 0.2) is 9.98 Å². The number of imide groups is 1. The van der Waals surface area contributed by atoms with Gasteiger partial charge in [0.1, 0.15) is 4.58 Å². The predicted molar refractivity (Wildman–Crippen MR) is 79.4 cm³/mol. The van der Waals surface area contributed by atoms with Crippen LogP contribution >= 0.6 is 0 Å². The zero-order chi connectivity index (χ0) is 15.4. The van der Waals surface area contributed by atoms with E-state index in [-0.39, 0.29) is 18.9 Å². The van der Waals surface area contributed by atoms with E-state index in [1.54, 1.807) is 0 Å². The minimum Gasteiger partial charge on any atom is -0.271 e. The van der Waals surface area contributed by atoms with Crippen LogP contribution in [0.2, 0.25) is 0 Å². The lowest BCUT2D eigenvalue weighted by Crippen LogP contribution is -2.26. The number of aliphatic imine (C=N–C) groups is 2. The quantitative estimate of drug-likeness (QED) is 0.340. The van der Waals surface area contributed by atoms with Gasteiger partial charge in [0.2, 0.25) is 0 Å². The standard InChI is InChI=1S/C15H20N3O4/c19-13-9-10-14(20)18(13)22-21-15(16-11-5-1-2-6-11)17-12-7-3-4-8-12/h1-10H2/q+1. The number of carbonyl (C=O) groups excluding carboxylic acids is 3. The van der Waals surface area contributed by atoms with Crippen molar-refractivity contribution in [2.24, 2.45) is 9.98 Å². The molecule has 3 rings (SSSR count). The third-order valence-corrected chi connectivity index (χ3v) is 4.06. The summed E-state index contributed by atoms with van der Waals surface area (Å²) in [6.07, 6.45) is 8.50. The van der Waals surface area contributed by atoms with Gasteiger partial charge in [-0.15, -0.1) is 9.98 Å². The van der Waals surface area contributed by atoms with E-state index in [2.05, 4.69) is 9.98 Å². The summed E-state index contributed by atoms with van der Waals surface area (Å²) in [4.78, 5) is 36.7. The van der Waals surface area contributed by atoms with Crippen LogP contribution in [0.1, 0.15) is 64.2 Å². The smallest absolute Gasteiger partial charge is 0.271 e. The maximum absolute atomic E-state index is 11.5. The first-order valence-corrected chi connectivity index (χ1v) is 7.92. The average Bonchev–Trinajstić information content (AvgIpc) is 3.22. The maximum atomic E-state index is 11.5. The third kappa shape index (κ3) is 3.58. The largest absolute Gasteiger partial charge is 0.640 e. The molecule has 0 bridgehead atoms. The molecule has 1 saturated heterocycles. The molecule has 0 radical (unpaired) electrons. The number of rotatable bonds is 2. The minimum absolute atomic E-state index is 0.0984. The average molecular weight is 306 g/mol. The van der Waals surface area contributed by atoms with Crippen molar-refractivity contribution in [3.8, 4) is 0 Å². The molecule has 4 amide bonds. The normalized spacial score (nSPS) is 21.5. The number of hydroxylamine groups is 2. The molecule has 118 valence electrons. The second kappa shape index (κ2) is 6.81. The van der Waals surface area contributed by atoms with Gasteiger partial charge in [-0.25, -0.2) is 0 Å². The van der Waals surface area contributed by atoms with Crippen molar-refractivity contribution in [2.45, 2.75) is 64.2 Å². The Bertz CT molecular complexity index is 505. The lowest BCUT2D eigenvalue weighted by Gasteiger charge is -1.98. The highest BCUT2D eigenvalue weighted by Crippen LogP contribution is 2.19. The molecule has 0 aromatic carbocycles. The van der Waals surface area contributed by atoms with Crippen LogP contribution in [-0.2, 0) is 14.6 Å². The molecule has 22 heavy (non-hydrogen) atoms. The summed E-state index contributed by atoms with van der Waals surface area (Å²) < 4.78 is 5.12. The van der Waals surface area contributed by atoms with E-state index >= 15 is 0 Å². The Morgan fingerprint density at radius 2 is 1.27 bits per heavy atom. The molecule has 0 atom stereocenters. The van der Waals surface area contributed by atoms with Crippen molar-refractivity contribution < 1.29 is 19.2 Å². The number of urea groups is 1. The lowest BCUT2D eigenvalue weighted by atomic mass is 10.3. The van der Waals surface area contributed by atoms with E-state index in [4.69, 9.17) is 9.56 Å². The summed E-state index contributed by atoms with van der Waals surface area (Å²) in [5, 5.41) is 0.656. The topological polar surface area (TPSA) is 82.6 Å². The minimum atomic E-state index is -0.397.